The second kappa shape index (κ2) is 6.56. The Hall–Kier alpha value is -3.39. The van der Waals surface area contributed by atoms with Crippen LogP contribution in [0.15, 0.2) is 42.5 Å². The van der Waals surface area contributed by atoms with Crippen molar-refractivity contribution in [3.8, 4) is 11.5 Å². The number of nitrogens with zero attached hydrogens (tertiary/aromatic N) is 2. The van der Waals surface area contributed by atoms with E-state index in [0.29, 0.717) is 29.4 Å². The Balaban J connectivity index is 1.51. The van der Waals surface area contributed by atoms with Crippen LogP contribution in [0.5, 0.6) is 11.5 Å². The van der Waals surface area contributed by atoms with E-state index in [2.05, 4.69) is 10.2 Å². The molecule has 4 heterocycles. The maximum atomic E-state index is 13.9. The van der Waals surface area contributed by atoms with Gasteiger partial charge in [-0.25, -0.2) is 4.90 Å². The molecule has 8 nitrogen and oxygen atoms in total. The zero-order valence-electron chi connectivity index (χ0n) is 17.8. The largest absolute Gasteiger partial charge is 0.493 e. The van der Waals surface area contributed by atoms with E-state index in [1.54, 1.807) is 18.2 Å². The van der Waals surface area contributed by atoms with E-state index < -0.39 is 17.4 Å². The summed E-state index contributed by atoms with van der Waals surface area (Å²) < 4.78 is 10.7. The highest BCUT2D eigenvalue weighted by atomic mass is 16.5. The summed E-state index contributed by atoms with van der Waals surface area (Å²) in [4.78, 5) is 44.6. The number of ether oxygens (including phenoxy) is 2. The Kier molecular flexibility index (Phi) is 3.96. The van der Waals surface area contributed by atoms with E-state index >= 15 is 0 Å². The van der Waals surface area contributed by atoms with Crippen molar-refractivity contribution in [3.63, 3.8) is 0 Å². The summed E-state index contributed by atoms with van der Waals surface area (Å²) in [6, 6.07) is 12.4. The molecule has 4 aliphatic rings. The van der Waals surface area contributed by atoms with Crippen LogP contribution in [0.2, 0.25) is 0 Å². The normalized spacial score (nSPS) is 30.5. The van der Waals surface area contributed by atoms with Crippen molar-refractivity contribution in [1.29, 1.82) is 0 Å². The molecule has 32 heavy (non-hydrogen) atoms. The van der Waals surface area contributed by atoms with E-state index in [0.717, 1.165) is 18.4 Å². The molecule has 0 saturated carbocycles. The Morgan fingerprint density at radius 1 is 1.00 bits per heavy atom. The fourth-order valence-electron chi connectivity index (χ4n) is 6.38. The first-order chi connectivity index (χ1) is 15.5. The number of hydrogen-bond donors (Lipinski definition) is 1. The van der Waals surface area contributed by atoms with Gasteiger partial charge < -0.3 is 14.8 Å². The monoisotopic (exact) mass is 433 g/mol. The van der Waals surface area contributed by atoms with Crippen LogP contribution >= 0.6 is 0 Å². The summed E-state index contributed by atoms with van der Waals surface area (Å²) >= 11 is 0. The van der Waals surface area contributed by atoms with E-state index in [-0.39, 0.29) is 23.8 Å². The molecule has 4 aliphatic heterocycles. The van der Waals surface area contributed by atoms with Crippen molar-refractivity contribution >= 4 is 29.1 Å². The lowest BCUT2D eigenvalue weighted by molar-refractivity contribution is -0.135. The fraction of sp³-hybridized carbons (Fsp3) is 0.375. The number of carbonyl (C=O) groups excluding carboxylic acids is 3. The van der Waals surface area contributed by atoms with Gasteiger partial charge in [0.25, 0.3) is 0 Å². The van der Waals surface area contributed by atoms with Gasteiger partial charge in [-0.05, 0) is 37.6 Å². The molecule has 0 bridgehead atoms. The predicted molar refractivity (Wildman–Crippen MR) is 115 cm³/mol. The molecule has 6 rings (SSSR count). The summed E-state index contributed by atoms with van der Waals surface area (Å²) in [6.07, 6.45) is 1.68. The summed E-state index contributed by atoms with van der Waals surface area (Å²) in [7, 11) is 3.04. The fourth-order valence-corrected chi connectivity index (χ4v) is 6.38. The van der Waals surface area contributed by atoms with Gasteiger partial charge in [0.1, 0.15) is 5.54 Å². The van der Waals surface area contributed by atoms with Crippen LogP contribution in [0, 0.1) is 11.8 Å². The Labute approximate surface area is 185 Å². The van der Waals surface area contributed by atoms with E-state index in [1.165, 1.54) is 19.1 Å². The third-order valence-corrected chi connectivity index (χ3v) is 7.53. The van der Waals surface area contributed by atoms with Gasteiger partial charge in [0.2, 0.25) is 17.7 Å². The van der Waals surface area contributed by atoms with E-state index in [9.17, 15) is 14.4 Å². The van der Waals surface area contributed by atoms with Gasteiger partial charge in [-0.15, -0.1) is 0 Å². The highest BCUT2D eigenvalue weighted by molar-refractivity contribution is 6.26. The van der Waals surface area contributed by atoms with E-state index in [1.807, 2.05) is 24.3 Å². The number of carbonyl (C=O) groups is 3. The number of anilines is 2. The van der Waals surface area contributed by atoms with Gasteiger partial charge >= 0.3 is 0 Å². The highest BCUT2D eigenvalue weighted by Crippen LogP contribution is 2.60. The molecular weight excluding hydrogens is 410 g/mol. The zero-order valence-corrected chi connectivity index (χ0v) is 17.8. The van der Waals surface area contributed by atoms with Crippen molar-refractivity contribution < 1.29 is 23.9 Å². The molecule has 0 aromatic heterocycles. The average Bonchev–Trinajstić information content (AvgIpc) is 3.51. The summed E-state index contributed by atoms with van der Waals surface area (Å²) in [5.74, 6) is -1.19. The number of hydrogen-bond acceptors (Lipinski definition) is 6. The highest BCUT2D eigenvalue weighted by Gasteiger charge is 2.74. The second-order valence-electron chi connectivity index (χ2n) is 8.72. The molecule has 3 saturated heterocycles. The molecule has 8 heteroatoms. The minimum Gasteiger partial charge on any atom is -0.493 e. The quantitative estimate of drug-likeness (QED) is 0.747. The minimum absolute atomic E-state index is 0.140. The first-order valence-electron chi connectivity index (χ1n) is 10.8. The van der Waals surface area contributed by atoms with Crippen LogP contribution in [0.1, 0.15) is 18.4 Å². The van der Waals surface area contributed by atoms with Crippen LogP contribution in [-0.2, 0) is 19.9 Å². The smallest absolute Gasteiger partial charge is 0.250 e. The van der Waals surface area contributed by atoms with Gasteiger partial charge in [0.05, 0.1) is 31.7 Å². The Morgan fingerprint density at radius 3 is 2.56 bits per heavy atom. The number of imide groups is 1. The van der Waals surface area contributed by atoms with Gasteiger partial charge in [0.15, 0.2) is 11.5 Å². The molecule has 3 fully saturated rings. The van der Waals surface area contributed by atoms with Crippen LogP contribution < -0.4 is 19.7 Å². The van der Waals surface area contributed by atoms with Gasteiger partial charge in [-0.2, -0.15) is 0 Å². The van der Waals surface area contributed by atoms with Crippen LogP contribution in [0.25, 0.3) is 0 Å². The number of fused-ring (bicyclic) bond motifs is 7. The summed E-state index contributed by atoms with van der Waals surface area (Å²) in [5.41, 5.74) is 0.785. The van der Waals surface area contributed by atoms with Gasteiger partial charge in [-0.1, -0.05) is 18.2 Å². The van der Waals surface area contributed by atoms with Crippen LogP contribution in [0.3, 0.4) is 0 Å². The first-order valence-corrected chi connectivity index (χ1v) is 10.8. The molecule has 2 aromatic carbocycles. The van der Waals surface area contributed by atoms with Crippen LogP contribution in [0.4, 0.5) is 11.4 Å². The Morgan fingerprint density at radius 2 is 1.78 bits per heavy atom. The second-order valence-corrected chi connectivity index (χ2v) is 8.72. The minimum atomic E-state index is -1.15. The van der Waals surface area contributed by atoms with Crippen molar-refractivity contribution in [2.75, 3.05) is 31.0 Å². The first kappa shape index (κ1) is 19.3. The molecule has 3 amide bonds. The number of methoxy groups -OCH3 is 2. The molecule has 0 aliphatic carbocycles. The van der Waals surface area contributed by atoms with Crippen LogP contribution in [-0.4, -0.2) is 49.4 Å². The lowest BCUT2D eigenvalue weighted by Crippen LogP contribution is -2.54. The summed E-state index contributed by atoms with van der Waals surface area (Å²) in [6.45, 7) is 0.691. The predicted octanol–water partition coefficient (Wildman–Crippen LogP) is 2.13. The number of benzene rings is 2. The maximum Gasteiger partial charge on any atom is 0.250 e. The maximum absolute atomic E-state index is 13.9. The molecule has 0 unspecified atom stereocenters. The molecule has 0 radical (unpaired) electrons. The third-order valence-electron chi connectivity index (χ3n) is 7.53. The van der Waals surface area contributed by atoms with Crippen molar-refractivity contribution in [3.05, 3.63) is 48.0 Å². The average molecular weight is 433 g/mol. The summed E-state index contributed by atoms with van der Waals surface area (Å²) in [5, 5.41) is 2.98. The third kappa shape index (κ3) is 2.13. The molecule has 164 valence electrons. The SMILES string of the molecule is COc1ccc(N2C(=O)[C@H]3[C@@H](C2=O)[C@@]2(C(=O)Nc4ccccc42)N2CCC[C@@H]32)cc1OC. The molecule has 1 N–H and O–H groups in total. The van der Waals surface area contributed by atoms with Gasteiger partial charge in [0, 0.05) is 23.4 Å². The number of para-hydroxylation sites is 1. The standard InChI is InChI=1S/C24H23N3O5/c1-31-17-10-9-13(12-18(17)32-2)27-21(28)19-16-8-5-11-26(16)24(20(19)22(27)29)14-6-3-4-7-15(14)25-23(24)30/h3-4,6-7,9-10,12,16,19-20H,5,8,11H2,1-2H3,(H,25,30)/t16-,19+,20-,24-/m0/s1. The van der Waals surface area contributed by atoms with Crippen molar-refractivity contribution in [1.82, 2.24) is 4.90 Å². The number of rotatable bonds is 3. The molecular formula is C24H23N3O5. The van der Waals surface area contributed by atoms with Crippen molar-refractivity contribution in [2.45, 2.75) is 24.4 Å². The zero-order chi connectivity index (χ0) is 22.2. The number of amides is 3. The van der Waals surface area contributed by atoms with Crippen molar-refractivity contribution in [2.24, 2.45) is 11.8 Å². The number of nitrogens with one attached hydrogen (secondary N) is 1. The lowest BCUT2D eigenvalue weighted by Gasteiger charge is -2.36. The molecule has 1 spiro atoms. The van der Waals surface area contributed by atoms with Gasteiger partial charge in [-0.3, -0.25) is 19.3 Å². The topological polar surface area (TPSA) is 88.2 Å². The molecule has 2 aromatic rings. The van der Waals surface area contributed by atoms with E-state index in [4.69, 9.17) is 9.47 Å². The Bertz CT molecular complexity index is 1180. The lowest BCUT2D eigenvalue weighted by atomic mass is 9.75. The molecule has 4 atom stereocenters.